The summed E-state index contributed by atoms with van der Waals surface area (Å²) in [4.78, 5) is 3.91. The predicted molar refractivity (Wildman–Crippen MR) is 72.1 cm³/mol. The highest BCUT2D eigenvalue weighted by Gasteiger charge is 2.02. The Morgan fingerprint density at radius 3 is 2.82 bits per heavy atom. The normalized spacial score (nSPS) is 10.2. The molecule has 2 rings (SSSR count). The molecule has 17 heavy (non-hydrogen) atoms. The van der Waals surface area contributed by atoms with Crippen molar-refractivity contribution in [3.05, 3.63) is 51.6 Å². The molecule has 0 atom stereocenters. The molecule has 0 aliphatic rings. The zero-order valence-corrected chi connectivity index (χ0v) is 11.2. The summed E-state index contributed by atoms with van der Waals surface area (Å²) >= 11 is 9.37. The van der Waals surface area contributed by atoms with Gasteiger partial charge in [-0.25, -0.2) is 4.98 Å². The number of nitrogen functional groups attached to an aromatic ring is 1. The minimum Gasteiger partial charge on any atom is -0.487 e. The number of rotatable bonds is 3. The lowest BCUT2D eigenvalue weighted by Crippen LogP contribution is -1.98. The van der Waals surface area contributed by atoms with Gasteiger partial charge in [-0.05, 0) is 35.9 Å². The van der Waals surface area contributed by atoms with Crippen molar-refractivity contribution in [3.8, 4) is 5.75 Å². The molecule has 0 radical (unpaired) electrons. The minimum absolute atomic E-state index is 0.411. The van der Waals surface area contributed by atoms with Crippen LogP contribution in [0.5, 0.6) is 5.75 Å². The fourth-order valence-corrected chi connectivity index (χ4v) is 2.07. The van der Waals surface area contributed by atoms with Crippen LogP contribution in [-0.2, 0) is 6.61 Å². The molecular formula is C12H10BrClN2O. The van der Waals surface area contributed by atoms with Gasteiger partial charge in [0.25, 0.3) is 0 Å². The molecule has 0 amide bonds. The van der Waals surface area contributed by atoms with Crippen molar-refractivity contribution in [3.63, 3.8) is 0 Å². The van der Waals surface area contributed by atoms with E-state index in [2.05, 4.69) is 20.9 Å². The topological polar surface area (TPSA) is 48.1 Å². The molecule has 0 spiro atoms. The van der Waals surface area contributed by atoms with Gasteiger partial charge in [-0.15, -0.1) is 0 Å². The van der Waals surface area contributed by atoms with E-state index in [0.717, 1.165) is 10.0 Å². The second-order valence-electron chi connectivity index (χ2n) is 3.45. The average Bonchev–Trinajstić information content (AvgIpc) is 2.28. The number of pyridine rings is 1. The number of anilines is 1. The van der Waals surface area contributed by atoms with Crippen LogP contribution in [-0.4, -0.2) is 4.98 Å². The number of hydrogen-bond acceptors (Lipinski definition) is 3. The van der Waals surface area contributed by atoms with Crippen LogP contribution >= 0.6 is 27.5 Å². The summed E-state index contributed by atoms with van der Waals surface area (Å²) in [5.74, 6) is 1.12. The highest BCUT2D eigenvalue weighted by Crippen LogP contribution is 2.28. The summed E-state index contributed by atoms with van der Waals surface area (Å²) in [6, 6.07) is 9.10. The van der Waals surface area contributed by atoms with Crippen molar-refractivity contribution in [1.29, 1.82) is 0 Å². The first-order valence-corrected chi connectivity index (χ1v) is 6.10. The van der Waals surface area contributed by atoms with Crippen molar-refractivity contribution < 1.29 is 4.74 Å². The van der Waals surface area contributed by atoms with Crippen LogP contribution in [0, 0.1) is 0 Å². The van der Waals surface area contributed by atoms with Crippen LogP contribution in [0.1, 0.15) is 5.56 Å². The number of benzene rings is 1. The maximum atomic E-state index is 6.03. The molecule has 0 bridgehead atoms. The van der Waals surface area contributed by atoms with Gasteiger partial charge in [-0.3, -0.25) is 0 Å². The lowest BCUT2D eigenvalue weighted by Gasteiger charge is -2.08. The Morgan fingerprint density at radius 2 is 2.12 bits per heavy atom. The third kappa shape index (κ3) is 3.35. The van der Waals surface area contributed by atoms with Gasteiger partial charge >= 0.3 is 0 Å². The molecule has 1 aromatic carbocycles. The van der Waals surface area contributed by atoms with Crippen LogP contribution in [0.2, 0.25) is 5.02 Å². The van der Waals surface area contributed by atoms with E-state index < -0.39 is 0 Å². The van der Waals surface area contributed by atoms with E-state index in [-0.39, 0.29) is 0 Å². The Kier molecular flexibility index (Phi) is 3.86. The molecule has 1 aromatic heterocycles. The first-order chi connectivity index (χ1) is 8.15. The van der Waals surface area contributed by atoms with Crippen LogP contribution < -0.4 is 10.5 Å². The molecule has 88 valence electrons. The minimum atomic E-state index is 0.411. The molecule has 5 heteroatoms. The van der Waals surface area contributed by atoms with Gasteiger partial charge < -0.3 is 10.5 Å². The zero-order valence-electron chi connectivity index (χ0n) is 8.86. The number of nitrogens with zero attached hydrogens (tertiary/aromatic N) is 1. The summed E-state index contributed by atoms with van der Waals surface area (Å²) in [7, 11) is 0. The monoisotopic (exact) mass is 312 g/mol. The molecular weight excluding hydrogens is 304 g/mol. The van der Waals surface area contributed by atoms with Gasteiger partial charge in [0.15, 0.2) is 0 Å². The molecule has 0 aliphatic carbocycles. The van der Waals surface area contributed by atoms with E-state index in [1.807, 2.05) is 18.2 Å². The maximum Gasteiger partial charge on any atom is 0.138 e. The van der Waals surface area contributed by atoms with Gasteiger partial charge in [0, 0.05) is 10.7 Å². The Labute approximate surface area is 113 Å². The third-order valence-electron chi connectivity index (χ3n) is 2.13. The molecule has 0 saturated carbocycles. The highest BCUT2D eigenvalue weighted by atomic mass is 79.9. The molecule has 2 aromatic rings. The van der Waals surface area contributed by atoms with Crippen LogP contribution in [0.4, 0.5) is 5.82 Å². The van der Waals surface area contributed by atoms with Crippen LogP contribution in [0.3, 0.4) is 0 Å². The Hall–Kier alpha value is -1.26. The molecule has 0 saturated heterocycles. The van der Waals surface area contributed by atoms with Crippen LogP contribution in [0.15, 0.2) is 41.0 Å². The van der Waals surface area contributed by atoms with E-state index in [1.165, 1.54) is 0 Å². The van der Waals surface area contributed by atoms with E-state index in [0.29, 0.717) is 23.2 Å². The van der Waals surface area contributed by atoms with Gasteiger partial charge in [0.1, 0.15) is 18.2 Å². The van der Waals surface area contributed by atoms with Crippen LogP contribution in [0.25, 0.3) is 0 Å². The number of hydrogen-bond donors (Lipinski definition) is 1. The largest absolute Gasteiger partial charge is 0.487 e. The van der Waals surface area contributed by atoms with Gasteiger partial charge in [0.2, 0.25) is 0 Å². The molecule has 0 fully saturated rings. The van der Waals surface area contributed by atoms with E-state index in [9.17, 15) is 0 Å². The van der Waals surface area contributed by atoms with E-state index in [4.69, 9.17) is 22.1 Å². The number of halogens is 2. The number of ether oxygens (including phenoxy) is 1. The Balaban J connectivity index is 2.07. The highest BCUT2D eigenvalue weighted by molar-refractivity contribution is 9.10. The van der Waals surface area contributed by atoms with E-state index in [1.54, 1.807) is 18.3 Å². The fraction of sp³-hybridized carbons (Fsp3) is 0.0833. The molecule has 3 nitrogen and oxygen atoms in total. The maximum absolute atomic E-state index is 6.03. The fourth-order valence-electron chi connectivity index (χ4n) is 1.34. The number of nitrogens with two attached hydrogens (primary N) is 1. The lowest BCUT2D eigenvalue weighted by molar-refractivity contribution is 0.306. The van der Waals surface area contributed by atoms with Crippen molar-refractivity contribution in [2.24, 2.45) is 0 Å². The smallest absolute Gasteiger partial charge is 0.138 e. The van der Waals surface area contributed by atoms with Gasteiger partial charge in [0.05, 0.1) is 5.02 Å². The van der Waals surface area contributed by atoms with E-state index >= 15 is 0 Å². The van der Waals surface area contributed by atoms with Crippen molar-refractivity contribution in [2.45, 2.75) is 6.61 Å². The number of aromatic nitrogens is 1. The summed E-state index contributed by atoms with van der Waals surface area (Å²) in [5, 5.41) is 0.571. The standard InChI is InChI=1S/C12H10BrClN2O/c13-9-1-2-11(10(14)6-9)17-7-8-3-4-16-12(15)5-8/h1-6H,7H2,(H2,15,16). The summed E-state index contributed by atoms with van der Waals surface area (Å²) in [5.41, 5.74) is 6.53. The first kappa shape index (κ1) is 12.2. The summed E-state index contributed by atoms with van der Waals surface area (Å²) in [6.45, 7) is 0.411. The first-order valence-electron chi connectivity index (χ1n) is 4.93. The van der Waals surface area contributed by atoms with Crippen molar-refractivity contribution >= 4 is 33.3 Å². The Morgan fingerprint density at radius 1 is 1.29 bits per heavy atom. The average molecular weight is 314 g/mol. The zero-order chi connectivity index (χ0) is 12.3. The summed E-state index contributed by atoms with van der Waals surface area (Å²) in [6.07, 6.45) is 1.65. The molecule has 0 aliphatic heterocycles. The van der Waals surface area contributed by atoms with Crippen molar-refractivity contribution in [1.82, 2.24) is 4.98 Å². The molecule has 1 heterocycles. The van der Waals surface area contributed by atoms with Gasteiger partial charge in [-0.2, -0.15) is 0 Å². The summed E-state index contributed by atoms with van der Waals surface area (Å²) < 4.78 is 6.52. The predicted octanol–water partition coefficient (Wildman–Crippen LogP) is 3.66. The third-order valence-corrected chi connectivity index (χ3v) is 2.92. The second-order valence-corrected chi connectivity index (χ2v) is 4.78. The van der Waals surface area contributed by atoms with Crippen molar-refractivity contribution in [2.75, 3.05) is 5.73 Å². The lowest BCUT2D eigenvalue weighted by atomic mass is 10.3. The SMILES string of the molecule is Nc1cc(COc2ccc(Br)cc2Cl)ccn1. The second kappa shape index (κ2) is 5.38. The Bertz CT molecular complexity index is 534. The van der Waals surface area contributed by atoms with Gasteiger partial charge in [-0.1, -0.05) is 27.5 Å². The molecule has 0 unspecified atom stereocenters. The molecule has 2 N–H and O–H groups in total. The quantitative estimate of drug-likeness (QED) is 0.940.